The fourth-order valence-corrected chi connectivity index (χ4v) is 4.55. The number of carbonyl (C=O) groups excluding carboxylic acids is 2. The number of aryl methyl sites for hydroxylation is 1. The third-order valence-electron chi connectivity index (χ3n) is 5.42. The van der Waals surface area contributed by atoms with Crippen LogP contribution in [0.1, 0.15) is 21.5 Å². The van der Waals surface area contributed by atoms with Crippen molar-refractivity contribution in [3.05, 3.63) is 125 Å². The molecule has 0 spiro atoms. The van der Waals surface area contributed by atoms with Crippen LogP contribution in [0.2, 0.25) is 5.02 Å². The Morgan fingerprint density at radius 1 is 0.868 bits per heavy atom. The van der Waals surface area contributed by atoms with Crippen LogP contribution in [0, 0.1) is 6.92 Å². The van der Waals surface area contributed by atoms with Gasteiger partial charge < -0.3 is 10.1 Å². The molecule has 0 aliphatic carbocycles. The first kappa shape index (κ1) is 26.7. The second kappa shape index (κ2) is 11.8. The number of hydrogen-bond acceptors (Lipinski definition) is 5. The van der Waals surface area contributed by atoms with Gasteiger partial charge in [-0.1, -0.05) is 54.1 Å². The number of halogens is 1. The molecule has 0 bridgehead atoms. The Morgan fingerprint density at radius 2 is 1.55 bits per heavy atom. The summed E-state index contributed by atoms with van der Waals surface area (Å²) in [6, 6.07) is 26.1. The molecule has 0 fully saturated rings. The number of benzene rings is 4. The van der Waals surface area contributed by atoms with Crippen molar-refractivity contribution < 1.29 is 22.7 Å². The second-order valence-electron chi connectivity index (χ2n) is 8.19. The highest BCUT2D eigenvalue weighted by Crippen LogP contribution is 2.29. The molecule has 38 heavy (non-hydrogen) atoms. The maximum absolute atomic E-state index is 13.0. The number of sulfonamides is 1. The van der Waals surface area contributed by atoms with Gasteiger partial charge in [0.2, 0.25) is 5.91 Å². The van der Waals surface area contributed by atoms with Gasteiger partial charge in [-0.15, -0.1) is 0 Å². The number of rotatable bonds is 8. The minimum Gasteiger partial charge on any atom is -0.456 e. The summed E-state index contributed by atoms with van der Waals surface area (Å²) in [5, 5.41) is 3.10. The smallest absolute Gasteiger partial charge is 0.268 e. The van der Waals surface area contributed by atoms with Gasteiger partial charge in [0.15, 0.2) is 0 Å². The fourth-order valence-electron chi connectivity index (χ4n) is 3.46. The molecule has 2 N–H and O–H groups in total. The molecule has 0 aliphatic heterocycles. The van der Waals surface area contributed by atoms with Crippen molar-refractivity contribution in [3.8, 4) is 11.5 Å². The molecule has 7 nitrogen and oxygen atoms in total. The molecule has 0 unspecified atom stereocenters. The van der Waals surface area contributed by atoms with Crippen molar-refractivity contribution in [2.75, 3.05) is 5.32 Å². The van der Waals surface area contributed by atoms with Gasteiger partial charge in [-0.2, -0.15) is 0 Å². The zero-order valence-corrected chi connectivity index (χ0v) is 21.8. The van der Waals surface area contributed by atoms with Gasteiger partial charge in [0.25, 0.3) is 15.9 Å². The quantitative estimate of drug-likeness (QED) is 0.256. The lowest BCUT2D eigenvalue weighted by molar-refractivity contribution is -0.111. The summed E-state index contributed by atoms with van der Waals surface area (Å²) in [6.07, 6.45) is 3.11. The van der Waals surface area contributed by atoms with E-state index in [1.54, 1.807) is 36.4 Å². The molecular formula is C29H23ClN2O5S. The molecular weight excluding hydrogens is 524 g/mol. The Balaban J connectivity index is 1.59. The molecule has 4 aromatic rings. The number of hydrogen-bond donors (Lipinski definition) is 2. The Labute approximate surface area is 225 Å². The summed E-state index contributed by atoms with van der Waals surface area (Å²) in [5.74, 6) is -0.810. The van der Waals surface area contributed by atoms with Crippen LogP contribution in [0.3, 0.4) is 0 Å². The van der Waals surface area contributed by atoms with Crippen LogP contribution in [-0.4, -0.2) is 20.2 Å². The molecule has 0 aliphatic rings. The van der Waals surface area contributed by atoms with Gasteiger partial charge >= 0.3 is 0 Å². The van der Waals surface area contributed by atoms with Crippen LogP contribution in [0.15, 0.2) is 108 Å². The third kappa shape index (κ3) is 6.88. The van der Waals surface area contributed by atoms with Crippen LogP contribution in [0.4, 0.5) is 5.69 Å². The maximum atomic E-state index is 13.0. The fraction of sp³-hybridized carbons (Fsp3) is 0.0345. The zero-order valence-electron chi connectivity index (χ0n) is 20.2. The SMILES string of the molecule is Cc1ccccc1C=CC(=O)Nc1ccc(C(=O)NS(=O)(=O)c2ccc(Cl)cc2)c(Oc2ccccc2)c1. The molecule has 0 saturated heterocycles. The van der Waals surface area contributed by atoms with E-state index in [4.69, 9.17) is 16.3 Å². The molecule has 9 heteroatoms. The standard InChI is InChI=1S/C29H23ClN2O5S/c1-20-7-5-6-8-21(20)11-18-28(33)31-23-14-17-26(27(19-23)37-24-9-3-2-4-10-24)29(34)32-38(35,36)25-15-12-22(30)13-16-25/h2-19H,1H3,(H,31,33)(H,32,34). The van der Waals surface area contributed by atoms with Crippen molar-refractivity contribution in [1.82, 2.24) is 4.72 Å². The Hall–Kier alpha value is -4.40. The number of ether oxygens (including phenoxy) is 1. The predicted molar refractivity (Wildman–Crippen MR) is 148 cm³/mol. The summed E-state index contributed by atoms with van der Waals surface area (Å²) in [7, 11) is -4.17. The minimum atomic E-state index is -4.17. The number of amides is 2. The van der Waals surface area contributed by atoms with Gasteiger partial charge in [-0.05, 0) is 72.7 Å². The van der Waals surface area contributed by atoms with E-state index in [0.29, 0.717) is 16.5 Å². The highest BCUT2D eigenvalue weighted by molar-refractivity contribution is 7.90. The molecule has 0 aromatic heterocycles. The predicted octanol–water partition coefficient (Wildman–Crippen LogP) is 6.21. The number of anilines is 1. The Bertz CT molecular complexity index is 1600. The van der Waals surface area contributed by atoms with Crippen LogP contribution in [0.5, 0.6) is 11.5 Å². The molecule has 0 radical (unpaired) electrons. The largest absolute Gasteiger partial charge is 0.456 e. The summed E-state index contributed by atoms with van der Waals surface area (Å²) < 4.78 is 33.4. The number of carbonyl (C=O) groups is 2. The van der Waals surface area contributed by atoms with Crippen molar-refractivity contribution in [3.63, 3.8) is 0 Å². The average molecular weight is 547 g/mol. The van der Waals surface area contributed by atoms with E-state index in [-0.39, 0.29) is 22.1 Å². The number of para-hydroxylation sites is 1. The molecule has 0 heterocycles. The van der Waals surface area contributed by atoms with Gasteiger partial charge in [0.05, 0.1) is 10.5 Å². The van der Waals surface area contributed by atoms with Crippen molar-refractivity contribution in [2.24, 2.45) is 0 Å². The van der Waals surface area contributed by atoms with Gasteiger partial charge in [-0.25, -0.2) is 13.1 Å². The lowest BCUT2D eigenvalue weighted by Gasteiger charge is -2.14. The molecule has 192 valence electrons. The first-order valence-electron chi connectivity index (χ1n) is 11.5. The second-order valence-corrected chi connectivity index (χ2v) is 10.3. The van der Waals surface area contributed by atoms with Gasteiger partial charge in [0, 0.05) is 22.9 Å². The monoisotopic (exact) mass is 546 g/mol. The molecule has 0 atom stereocenters. The van der Waals surface area contributed by atoms with Crippen LogP contribution in [-0.2, 0) is 14.8 Å². The number of nitrogens with one attached hydrogen (secondary N) is 2. The van der Waals surface area contributed by atoms with E-state index in [1.165, 1.54) is 48.5 Å². The first-order chi connectivity index (χ1) is 18.2. The summed E-state index contributed by atoms with van der Waals surface area (Å²) in [6.45, 7) is 1.95. The highest BCUT2D eigenvalue weighted by atomic mass is 35.5. The topological polar surface area (TPSA) is 102 Å². The van der Waals surface area contributed by atoms with E-state index >= 15 is 0 Å². The molecule has 2 amide bonds. The van der Waals surface area contributed by atoms with Gasteiger partial charge in [0.1, 0.15) is 11.5 Å². The van der Waals surface area contributed by atoms with E-state index in [1.807, 2.05) is 31.2 Å². The van der Waals surface area contributed by atoms with Crippen LogP contribution in [0.25, 0.3) is 6.08 Å². The third-order valence-corrected chi connectivity index (χ3v) is 7.02. The van der Waals surface area contributed by atoms with Crippen LogP contribution >= 0.6 is 11.6 Å². The molecule has 4 aromatic carbocycles. The normalized spacial score (nSPS) is 11.2. The van der Waals surface area contributed by atoms with E-state index in [9.17, 15) is 18.0 Å². The van der Waals surface area contributed by atoms with Crippen molar-refractivity contribution >= 4 is 45.2 Å². The van der Waals surface area contributed by atoms with Crippen LogP contribution < -0.4 is 14.8 Å². The zero-order chi connectivity index (χ0) is 27.1. The molecule has 4 rings (SSSR count). The van der Waals surface area contributed by atoms with E-state index in [0.717, 1.165) is 11.1 Å². The van der Waals surface area contributed by atoms with Gasteiger partial charge in [-0.3, -0.25) is 9.59 Å². The van der Waals surface area contributed by atoms with Crippen molar-refractivity contribution in [2.45, 2.75) is 11.8 Å². The summed E-state index contributed by atoms with van der Waals surface area (Å²) in [4.78, 5) is 25.5. The van der Waals surface area contributed by atoms with E-state index < -0.39 is 15.9 Å². The Kier molecular flexibility index (Phi) is 8.25. The minimum absolute atomic E-state index is 0.0418. The van der Waals surface area contributed by atoms with E-state index in [2.05, 4.69) is 10.0 Å². The van der Waals surface area contributed by atoms with Crippen molar-refractivity contribution in [1.29, 1.82) is 0 Å². The average Bonchev–Trinajstić information content (AvgIpc) is 2.89. The molecule has 0 saturated carbocycles. The first-order valence-corrected chi connectivity index (χ1v) is 13.3. The highest BCUT2D eigenvalue weighted by Gasteiger charge is 2.22. The lowest BCUT2D eigenvalue weighted by atomic mass is 10.1. The lowest BCUT2D eigenvalue weighted by Crippen LogP contribution is -2.30. The maximum Gasteiger partial charge on any atom is 0.268 e. The Morgan fingerprint density at radius 3 is 2.26 bits per heavy atom. The summed E-state index contributed by atoms with van der Waals surface area (Å²) in [5.41, 5.74) is 2.25. The summed E-state index contributed by atoms with van der Waals surface area (Å²) >= 11 is 5.84.